The number of benzene rings is 1. The minimum absolute atomic E-state index is 0.0783. The van der Waals surface area contributed by atoms with Crippen LogP contribution in [0.2, 0.25) is 0 Å². The van der Waals surface area contributed by atoms with E-state index in [4.69, 9.17) is 10.2 Å². The van der Waals surface area contributed by atoms with Crippen LogP contribution in [-0.4, -0.2) is 33.0 Å². The SMILES string of the molecule is CCN(CC)c1cc2ccccc2oc1=O.Nc1nc2nc[nH]c2c(=O)[nH]1. The maximum Gasteiger partial charge on any atom is 0.360 e. The number of nitrogens with two attached hydrogens (primary N) is 1. The molecule has 0 bridgehead atoms. The molecule has 3 aromatic heterocycles. The molecule has 140 valence electrons. The van der Waals surface area contributed by atoms with Gasteiger partial charge < -0.3 is 20.0 Å². The van der Waals surface area contributed by atoms with Crippen molar-refractivity contribution in [3.63, 3.8) is 0 Å². The molecule has 0 spiro atoms. The first-order valence-electron chi connectivity index (χ1n) is 8.50. The monoisotopic (exact) mass is 368 g/mol. The van der Waals surface area contributed by atoms with Gasteiger partial charge in [-0.25, -0.2) is 9.78 Å². The molecule has 0 saturated heterocycles. The highest BCUT2D eigenvalue weighted by Gasteiger charge is 2.09. The lowest BCUT2D eigenvalue weighted by atomic mass is 10.2. The van der Waals surface area contributed by atoms with Crippen LogP contribution < -0.4 is 21.8 Å². The highest BCUT2D eigenvalue weighted by atomic mass is 16.4. The van der Waals surface area contributed by atoms with E-state index in [0.29, 0.717) is 22.4 Å². The molecule has 0 aliphatic rings. The van der Waals surface area contributed by atoms with E-state index in [9.17, 15) is 9.59 Å². The van der Waals surface area contributed by atoms with Crippen LogP contribution in [0, 0.1) is 0 Å². The number of hydrogen-bond acceptors (Lipinski definition) is 7. The number of hydrogen-bond donors (Lipinski definition) is 3. The molecular formula is C18H20N6O3. The summed E-state index contributed by atoms with van der Waals surface area (Å²) in [4.78, 5) is 37.3. The molecule has 9 nitrogen and oxygen atoms in total. The van der Waals surface area contributed by atoms with E-state index < -0.39 is 0 Å². The zero-order valence-corrected chi connectivity index (χ0v) is 15.0. The van der Waals surface area contributed by atoms with Crippen molar-refractivity contribution in [2.45, 2.75) is 13.8 Å². The lowest BCUT2D eigenvalue weighted by molar-refractivity contribution is 0.558. The van der Waals surface area contributed by atoms with Crippen LogP contribution in [0.15, 0.2) is 50.7 Å². The Labute approximate surface area is 153 Å². The van der Waals surface area contributed by atoms with Crippen LogP contribution >= 0.6 is 0 Å². The molecule has 3 heterocycles. The van der Waals surface area contributed by atoms with Gasteiger partial charge in [0.15, 0.2) is 11.2 Å². The average Bonchev–Trinajstić information content (AvgIpc) is 3.12. The Morgan fingerprint density at radius 1 is 1.19 bits per heavy atom. The van der Waals surface area contributed by atoms with Gasteiger partial charge in [0.05, 0.1) is 6.33 Å². The number of aromatic nitrogens is 4. The van der Waals surface area contributed by atoms with Gasteiger partial charge in [0, 0.05) is 18.5 Å². The molecule has 4 rings (SSSR count). The topological polar surface area (TPSA) is 134 Å². The molecule has 0 aliphatic carbocycles. The van der Waals surface area contributed by atoms with Crippen molar-refractivity contribution in [1.29, 1.82) is 0 Å². The molecule has 1 aromatic carbocycles. The predicted octanol–water partition coefficient (Wildman–Crippen LogP) is 1.87. The third-order valence-electron chi connectivity index (χ3n) is 4.04. The molecule has 4 aromatic rings. The third kappa shape index (κ3) is 3.81. The first kappa shape index (κ1) is 18.2. The third-order valence-corrected chi connectivity index (χ3v) is 4.04. The molecule has 0 amide bonds. The normalized spacial score (nSPS) is 10.6. The van der Waals surface area contributed by atoms with E-state index >= 15 is 0 Å². The summed E-state index contributed by atoms with van der Waals surface area (Å²) >= 11 is 0. The second kappa shape index (κ2) is 7.73. The Balaban J connectivity index is 0.000000166. The number of fused-ring (bicyclic) bond motifs is 2. The Bertz CT molecular complexity index is 1170. The Hall–Kier alpha value is -3.62. The van der Waals surface area contributed by atoms with E-state index in [0.717, 1.165) is 18.5 Å². The fourth-order valence-corrected chi connectivity index (χ4v) is 2.70. The maximum absolute atomic E-state index is 11.8. The summed E-state index contributed by atoms with van der Waals surface area (Å²) in [5.74, 6) is 0.0783. The molecule has 0 fully saturated rings. The van der Waals surface area contributed by atoms with Crippen molar-refractivity contribution >= 4 is 33.8 Å². The fourth-order valence-electron chi connectivity index (χ4n) is 2.70. The summed E-state index contributed by atoms with van der Waals surface area (Å²) in [6.07, 6.45) is 1.40. The lowest BCUT2D eigenvalue weighted by Crippen LogP contribution is -2.27. The van der Waals surface area contributed by atoms with Gasteiger partial charge in [-0.05, 0) is 26.0 Å². The zero-order valence-electron chi connectivity index (χ0n) is 15.0. The molecule has 9 heteroatoms. The van der Waals surface area contributed by atoms with Crippen LogP contribution in [0.5, 0.6) is 0 Å². The van der Waals surface area contributed by atoms with Crippen LogP contribution in [0.1, 0.15) is 13.8 Å². The lowest BCUT2D eigenvalue weighted by Gasteiger charge is -2.19. The molecule has 0 radical (unpaired) electrons. The number of nitrogen functional groups attached to an aromatic ring is 1. The minimum atomic E-state index is -0.301. The highest BCUT2D eigenvalue weighted by Crippen LogP contribution is 2.17. The van der Waals surface area contributed by atoms with E-state index in [1.807, 2.05) is 49.1 Å². The Kier molecular flexibility index (Phi) is 5.20. The number of nitrogens with one attached hydrogen (secondary N) is 2. The first-order valence-corrected chi connectivity index (χ1v) is 8.50. The predicted molar refractivity (Wildman–Crippen MR) is 105 cm³/mol. The van der Waals surface area contributed by atoms with Gasteiger partial charge in [0.25, 0.3) is 5.56 Å². The number of anilines is 2. The number of nitrogens with zero attached hydrogens (tertiary/aromatic N) is 3. The van der Waals surface area contributed by atoms with Gasteiger partial charge >= 0.3 is 5.63 Å². The van der Waals surface area contributed by atoms with Crippen molar-refractivity contribution in [3.05, 3.63) is 57.4 Å². The van der Waals surface area contributed by atoms with E-state index in [1.54, 1.807) is 0 Å². The fraction of sp³-hybridized carbons (Fsp3) is 0.222. The molecule has 4 N–H and O–H groups in total. The molecule has 0 unspecified atom stereocenters. The second-order valence-electron chi connectivity index (χ2n) is 5.68. The number of H-pyrrole nitrogens is 2. The zero-order chi connectivity index (χ0) is 19.4. The summed E-state index contributed by atoms with van der Waals surface area (Å²) in [5, 5.41) is 0.962. The summed E-state index contributed by atoms with van der Waals surface area (Å²) in [6.45, 7) is 5.66. The summed E-state index contributed by atoms with van der Waals surface area (Å²) in [7, 11) is 0. The average molecular weight is 368 g/mol. The van der Waals surface area contributed by atoms with Crippen LogP contribution in [-0.2, 0) is 0 Å². The van der Waals surface area contributed by atoms with Crippen LogP contribution in [0.3, 0.4) is 0 Å². The smallest absolute Gasteiger partial charge is 0.360 e. The van der Waals surface area contributed by atoms with Crippen LogP contribution in [0.25, 0.3) is 22.1 Å². The van der Waals surface area contributed by atoms with Crippen molar-refractivity contribution in [2.24, 2.45) is 0 Å². The number of para-hydroxylation sites is 1. The van der Waals surface area contributed by atoms with Gasteiger partial charge in [-0.15, -0.1) is 0 Å². The highest BCUT2D eigenvalue weighted by molar-refractivity contribution is 5.79. The standard InChI is InChI=1S/C13H15NO2.C5H5N5O/c1-3-14(4-2)11-9-10-7-5-6-8-12(10)16-13(11)15;6-5-9-3-2(4(11)10-5)7-1-8-3/h5-9H,3-4H2,1-2H3;1H,(H4,6,7,8,9,10,11). The molecule has 0 atom stereocenters. The van der Waals surface area contributed by atoms with E-state index in [2.05, 4.69) is 19.9 Å². The number of aromatic amines is 2. The van der Waals surface area contributed by atoms with E-state index in [1.165, 1.54) is 6.33 Å². The Morgan fingerprint density at radius 2 is 1.93 bits per heavy atom. The maximum atomic E-state index is 11.8. The van der Waals surface area contributed by atoms with Gasteiger partial charge in [-0.3, -0.25) is 9.78 Å². The van der Waals surface area contributed by atoms with E-state index in [-0.39, 0.29) is 17.1 Å². The summed E-state index contributed by atoms with van der Waals surface area (Å²) in [6, 6.07) is 9.46. The van der Waals surface area contributed by atoms with Crippen molar-refractivity contribution in [1.82, 2.24) is 19.9 Å². The molecular weight excluding hydrogens is 348 g/mol. The number of imidazole rings is 1. The van der Waals surface area contributed by atoms with Gasteiger partial charge in [0.2, 0.25) is 5.95 Å². The van der Waals surface area contributed by atoms with Gasteiger partial charge in [-0.2, -0.15) is 4.98 Å². The molecule has 27 heavy (non-hydrogen) atoms. The largest absolute Gasteiger partial charge is 0.421 e. The van der Waals surface area contributed by atoms with Crippen LogP contribution in [0.4, 0.5) is 11.6 Å². The first-order chi connectivity index (χ1) is 13.0. The van der Waals surface area contributed by atoms with Crippen molar-refractivity contribution in [2.75, 3.05) is 23.7 Å². The van der Waals surface area contributed by atoms with Crippen molar-refractivity contribution in [3.8, 4) is 0 Å². The summed E-state index contributed by atoms with van der Waals surface area (Å²) < 4.78 is 5.28. The quantitative estimate of drug-likeness (QED) is 0.470. The molecule has 0 saturated carbocycles. The number of rotatable bonds is 3. The van der Waals surface area contributed by atoms with Gasteiger partial charge in [0.1, 0.15) is 11.3 Å². The summed E-state index contributed by atoms with van der Waals surface area (Å²) in [5.41, 5.74) is 6.67. The molecule has 0 aliphatic heterocycles. The van der Waals surface area contributed by atoms with Gasteiger partial charge in [-0.1, -0.05) is 18.2 Å². The minimum Gasteiger partial charge on any atom is -0.421 e. The van der Waals surface area contributed by atoms with Crippen molar-refractivity contribution < 1.29 is 4.42 Å². The Morgan fingerprint density at radius 3 is 2.67 bits per heavy atom. The second-order valence-corrected chi connectivity index (χ2v) is 5.68.